The fourth-order valence-electron chi connectivity index (χ4n) is 1.81. The summed E-state index contributed by atoms with van der Waals surface area (Å²) in [6, 6.07) is 5.08. The van der Waals surface area contributed by atoms with E-state index in [-0.39, 0.29) is 5.91 Å². The van der Waals surface area contributed by atoms with Crippen molar-refractivity contribution in [1.29, 1.82) is 0 Å². The third kappa shape index (κ3) is 2.90. The maximum atomic E-state index is 12.2. The second-order valence-corrected chi connectivity index (χ2v) is 4.27. The molecule has 0 aliphatic carbocycles. The molecule has 106 valence electrons. The van der Waals surface area contributed by atoms with Crippen molar-refractivity contribution in [3.05, 3.63) is 41.2 Å². The summed E-state index contributed by atoms with van der Waals surface area (Å²) in [5, 5.41) is 9.57. The van der Waals surface area contributed by atoms with Crippen LogP contribution in [-0.2, 0) is 6.54 Å². The summed E-state index contributed by atoms with van der Waals surface area (Å²) in [6.07, 6.45) is 1.70. The van der Waals surface area contributed by atoms with Gasteiger partial charge < -0.3 is 14.8 Å². The first-order valence-corrected chi connectivity index (χ1v) is 6.14. The Morgan fingerprint density at radius 3 is 2.75 bits per heavy atom. The molecule has 2 N–H and O–H groups in total. The number of nitrogens with one attached hydrogen (secondary N) is 2. The first kappa shape index (κ1) is 13.9. The average molecular weight is 275 g/mol. The number of methoxy groups -OCH3 is 2. The molecule has 1 heterocycles. The smallest absolute Gasteiger partial charge is 0.255 e. The van der Waals surface area contributed by atoms with Crippen LogP contribution in [-0.4, -0.2) is 30.3 Å². The highest BCUT2D eigenvalue weighted by molar-refractivity contribution is 5.97. The van der Waals surface area contributed by atoms with E-state index < -0.39 is 0 Å². The molecule has 0 saturated carbocycles. The van der Waals surface area contributed by atoms with Crippen LogP contribution in [0.25, 0.3) is 0 Å². The van der Waals surface area contributed by atoms with E-state index in [1.165, 1.54) is 7.11 Å². The molecular formula is C14H17N3O3. The molecule has 0 spiro atoms. The SMILES string of the molecule is COc1ccc(C(=O)NCc2cn[nH]c2C)c(OC)c1. The van der Waals surface area contributed by atoms with Crippen LogP contribution >= 0.6 is 0 Å². The maximum absolute atomic E-state index is 12.2. The average Bonchev–Trinajstić information content (AvgIpc) is 2.89. The van der Waals surface area contributed by atoms with Gasteiger partial charge in [-0.05, 0) is 19.1 Å². The maximum Gasteiger partial charge on any atom is 0.255 e. The highest BCUT2D eigenvalue weighted by atomic mass is 16.5. The molecule has 1 amide bonds. The number of nitrogens with zero attached hydrogens (tertiary/aromatic N) is 1. The fraction of sp³-hybridized carbons (Fsp3) is 0.286. The Balaban J connectivity index is 2.11. The van der Waals surface area contributed by atoms with E-state index in [9.17, 15) is 4.79 Å². The first-order chi connectivity index (χ1) is 9.65. The number of benzene rings is 1. The lowest BCUT2D eigenvalue weighted by Gasteiger charge is -2.10. The number of hydrogen-bond acceptors (Lipinski definition) is 4. The first-order valence-electron chi connectivity index (χ1n) is 6.14. The van der Waals surface area contributed by atoms with Gasteiger partial charge in [-0.25, -0.2) is 0 Å². The van der Waals surface area contributed by atoms with Gasteiger partial charge in [0, 0.05) is 23.9 Å². The fourth-order valence-corrected chi connectivity index (χ4v) is 1.81. The molecule has 0 unspecified atom stereocenters. The summed E-state index contributed by atoms with van der Waals surface area (Å²) in [5.41, 5.74) is 2.35. The van der Waals surface area contributed by atoms with Crippen LogP contribution in [0.4, 0.5) is 0 Å². The van der Waals surface area contributed by atoms with Crippen molar-refractivity contribution in [2.75, 3.05) is 14.2 Å². The number of aryl methyl sites for hydroxylation is 1. The topological polar surface area (TPSA) is 76.2 Å². The Labute approximate surface area is 117 Å². The Kier molecular flexibility index (Phi) is 4.24. The normalized spacial score (nSPS) is 10.2. The van der Waals surface area contributed by atoms with E-state index in [1.54, 1.807) is 31.5 Å². The third-order valence-electron chi connectivity index (χ3n) is 3.03. The molecule has 0 aliphatic rings. The zero-order valence-electron chi connectivity index (χ0n) is 11.7. The molecule has 0 saturated heterocycles. The molecule has 0 aliphatic heterocycles. The lowest BCUT2D eigenvalue weighted by Crippen LogP contribution is -2.23. The Morgan fingerprint density at radius 2 is 2.15 bits per heavy atom. The van der Waals surface area contributed by atoms with Crippen LogP contribution in [0.2, 0.25) is 0 Å². The van der Waals surface area contributed by atoms with E-state index in [2.05, 4.69) is 15.5 Å². The van der Waals surface area contributed by atoms with Gasteiger partial charge in [0.15, 0.2) is 0 Å². The Bertz CT molecular complexity index is 607. The van der Waals surface area contributed by atoms with Crippen molar-refractivity contribution >= 4 is 5.91 Å². The number of hydrogen-bond donors (Lipinski definition) is 2. The molecule has 0 radical (unpaired) electrons. The molecule has 0 fully saturated rings. The van der Waals surface area contributed by atoms with Gasteiger partial charge in [-0.15, -0.1) is 0 Å². The molecule has 1 aromatic carbocycles. The summed E-state index contributed by atoms with van der Waals surface area (Å²) < 4.78 is 10.3. The van der Waals surface area contributed by atoms with Crippen LogP contribution in [0.1, 0.15) is 21.6 Å². The predicted molar refractivity (Wildman–Crippen MR) is 74.0 cm³/mol. The minimum Gasteiger partial charge on any atom is -0.497 e. The zero-order valence-corrected chi connectivity index (χ0v) is 11.7. The van der Waals surface area contributed by atoms with Crippen molar-refractivity contribution in [3.8, 4) is 11.5 Å². The van der Waals surface area contributed by atoms with Crippen molar-refractivity contribution in [1.82, 2.24) is 15.5 Å². The second-order valence-electron chi connectivity index (χ2n) is 4.27. The number of amides is 1. The van der Waals surface area contributed by atoms with Crippen LogP contribution in [0.3, 0.4) is 0 Å². The third-order valence-corrected chi connectivity index (χ3v) is 3.03. The molecule has 0 atom stereocenters. The van der Waals surface area contributed by atoms with E-state index in [4.69, 9.17) is 9.47 Å². The predicted octanol–water partition coefficient (Wildman–Crippen LogP) is 1.67. The van der Waals surface area contributed by atoms with Gasteiger partial charge in [-0.2, -0.15) is 5.10 Å². The highest BCUT2D eigenvalue weighted by Crippen LogP contribution is 2.24. The van der Waals surface area contributed by atoms with Gasteiger partial charge in [0.1, 0.15) is 11.5 Å². The number of ether oxygens (including phenoxy) is 2. The summed E-state index contributed by atoms with van der Waals surface area (Å²) in [6.45, 7) is 2.32. The monoisotopic (exact) mass is 275 g/mol. The summed E-state index contributed by atoms with van der Waals surface area (Å²) in [4.78, 5) is 12.2. The number of carbonyl (C=O) groups is 1. The second kappa shape index (κ2) is 6.10. The van der Waals surface area contributed by atoms with Crippen LogP contribution < -0.4 is 14.8 Å². The van der Waals surface area contributed by atoms with E-state index in [0.717, 1.165) is 11.3 Å². The largest absolute Gasteiger partial charge is 0.497 e. The van der Waals surface area contributed by atoms with Gasteiger partial charge in [0.05, 0.1) is 26.0 Å². The van der Waals surface area contributed by atoms with E-state index in [1.807, 2.05) is 6.92 Å². The van der Waals surface area contributed by atoms with Crippen LogP contribution in [0, 0.1) is 6.92 Å². The van der Waals surface area contributed by atoms with Crippen molar-refractivity contribution in [2.45, 2.75) is 13.5 Å². The number of rotatable bonds is 5. The van der Waals surface area contributed by atoms with Crippen molar-refractivity contribution < 1.29 is 14.3 Å². The summed E-state index contributed by atoms with van der Waals surface area (Å²) in [5.74, 6) is 0.917. The Morgan fingerprint density at radius 1 is 1.35 bits per heavy atom. The number of carbonyl (C=O) groups excluding carboxylic acids is 1. The molecule has 6 heteroatoms. The molecular weight excluding hydrogens is 258 g/mol. The van der Waals surface area contributed by atoms with Gasteiger partial charge in [-0.1, -0.05) is 0 Å². The highest BCUT2D eigenvalue weighted by Gasteiger charge is 2.13. The lowest BCUT2D eigenvalue weighted by molar-refractivity contribution is 0.0948. The summed E-state index contributed by atoms with van der Waals surface area (Å²) >= 11 is 0. The van der Waals surface area contributed by atoms with Crippen LogP contribution in [0.5, 0.6) is 11.5 Å². The molecule has 2 aromatic rings. The Hall–Kier alpha value is -2.50. The quantitative estimate of drug-likeness (QED) is 0.870. The van der Waals surface area contributed by atoms with E-state index >= 15 is 0 Å². The molecule has 0 bridgehead atoms. The molecule has 2 rings (SSSR count). The van der Waals surface area contributed by atoms with Crippen molar-refractivity contribution in [3.63, 3.8) is 0 Å². The van der Waals surface area contributed by atoms with Gasteiger partial charge in [0.2, 0.25) is 0 Å². The van der Waals surface area contributed by atoms with Crippen LogP contribution in [0.15, 0.2) is 24.4 Å². The minimum absolute atomic E-state index is 0.204. The molecule has 20 heavy (non-hydrogen) atoms. The molecule has 1 aromatic heterocycles. The minimum atomic E-state index is -0.204. The van der Waals surface area contributed by atoms with Crippen molar-refractivity contribution in [2.24, 2.45) is 0 Å². The number of H-pyrrole nitrogens is 1. The van der Waals surface area contributed by atoms with Gasteiger partial charge >= 0.3 is 0 Å². The standard InChI is InChI=1S/C14H17N3O3/c1-9-10(8-16-17-9)7-15-14(18)12-5-4-11(19-2)6-13(12)20-3/h4-6,8H,7H2,1-3H3,(H,15,18)(H,16,17). The zero-order chi connectivity index (χ0) is 14.5. The molecule has 6 nitrogen and oxygen atoms in total. The number of aromatic nitrogens is 2. The lowest BCUT2D eigenvalue weighted by atomic mass is 10.1. The van der Waals surface area contributed by atoms with Gasteiger partial charge in [-0.3, -0.25) is 9.89 Å². The van der Waals surface area contributed by atoms with E-state index in [0.29, 0.717) is 23.6 Å². The number of aromatic amines is 1. The van der Waals surface area contributed by atoms with Gasteiger partial charge in [0.25, 0.3) is 5.91 Å². The summed E-state index contributed by atoms with van der Waals surface area (Å²) in [7, 11) is 3.09.